The second-order valence-corrected chi connectivity index (χ2v) is 11.0. The van der Waals surface area contributed by atoms with Crippen LogP contribution in [0.3, 0.4) is 0 Å². The summed E-state index contributed by atoms with van der Waals surface area (Å²) in [5.74, 6) is -5.03. The minimum Gasteiger partial charge on any atom is -0.508 e. The zero-order valence-electron chi connectivity index (χ0n) is 19.8. The summed E-state index contributed by atoms with van der Waals surface area (Å²) in [7, 11) is 0. The first kappa shape index (κ1) is 25.3. The summed E-state index contributed by atoms with van der Waals surface area (Å²) >= 11 is 3.37. The summed E-state index contributed by atoms with van der Waals surface area (Å²) in [6.07, 6.45) is 4.84. The Balaban J connectivity index is 1.64. The molecule has 1 aliphatic carbocycles. The number of non-ortho nitro benzene ring substituents is 1. The minimum atomic E-state index is -1.74. The predicted molar refractivity (Wildman–Crippen MR) is 136 cm³/mol. The highest BCUT2D eigenvalue weighted by Gasteiger charge is 2.69. The van der Waals surface area contributed by atoms with Gasteiger partial charge in [-0.1, -0.05) is 54.1 Å². The normalized spacial score (nSPS) is 27.9. The van der Waals surface area contributed by atoms with Gasteiger partial charge >= 0.3 is 5.97 Å². The third kappa shape index (κ3) is 4.19. The van der Waals surface area contributed by atoms with Crippen molar-refractivity contribution in [2.75, 3.05) is 4.90 Å². The van der Waals surface area contributed by atoms with Gasteiger partial charge in [-0.25, -0.2) is 4.90 Å². The Morgan fingerprint density at radius 3 is 2.54 bits per heavy atom. The number of carboxylic acid groups (broad SMARTS) is 1. The van der Waals surface area contributed by atoms with Gasteiger partial charge in [0.15, 0.2) is 0 Å². The van der Waals surface area contributed by atoms with Gasteiger partial charge < -0.3 is 10.2 Å². The van der Waals surface area contributed by atoms with E-state index in [0.29, 0.717) is 10.0 Å². The second kappa shape index (κ2) is 9.53. The summed E-state index contributed by atoms with van der Waals surface area (Å²) in [6.45, 7) is 0. The molecular formula is C26H26BrN3O7. The highest BCUT2D eigenvalue weighted by Crippen LogP contribution is 2.54. The lowest BCUT2D eigenvalue weighted by atomic mass is 9.72. The number of carboxylic acids is 1. The topological polar surface area (TPSA) is 150 Å². The number of fused-ring (bicyclic) bond motifs is 1. The molecule has 37 heavy (non-hydrogen) atoms. The fraction of sp³-hybridized carbons (Fsp3) is 0.423. The number of rotatable bonds is 6. The van der Waals surface area contributed by atoms with Gasteiger partial charge in [0.2, 0.25) is 11.8 Å². The van der Waals surface area contributed by atoms with Gasteiger partial charge in [-0.3, -0.25) is 29.8 Å². The van der Waals surface area contributed by atoms with E-state index < -0.39 is 46.1 Å². The molecule has 11 heteroatoms. The van der Waals surface area contributed by atoms with Crippen LogP contribution in [0.4, 0.5) is 11.4 Å². The van der Waals surface area contributed by atoms with Crippen molar-refractivity contribution < 1.29 is 29.5 Å². The maximum absolute atomic E-state index is 13.9. The first-order chi connectivity index (χ1) is 17.6. The number of carbonyl (C=O) groups excluding carboxylic acids is 2. The highest BCUT2D eigenvalue weighted by atomic mass is 79.9. The third-order valence-electron chi connectivity index (χ3n) is 7.99. The molecule has 3 fully saturated rings. The monoisotopic (exact) mass is 571 g/mol. The molecule has 194 valence electrons. The molecule has 0 bridgehead atoms. The van der Waals surface area contributed by atoms with Crippen molar-refractivity contribution in [2.24, 2.45) is 17.8 Å². The number of amides is 2. The Bertz CT molecular complexity index is 1290. The van der Waals surface area contributed by atoms with Gasteiger partial charge in [0.1, 0.15) is 11.3 Å². The molecule has 0 aromatic heterocycles. The maximum atomic E-state index is 13.9. The second-order valence-electron chi connectivity index (χ2n) is 10.1. The van der Waals surface area contributed by atoms with Gasteiger partial charge in [0.05, 0.1) is 22.4 Å². The lowest BCUT2D eigenvalue weighted by molar-refractivity contribution is -0.384. The van der Waals surface area contributed by atoms with E-state index in [1.165, 1.54) is 24.3 Å². The van der Waals surface area contributed by atoms with Crippen molar-refractivity contribution >= 4 is 45.1 Å². The molecule has 2 aromatic rings. The number of hydrogen-bond donors (Lipinski definition) is 3. The number of benzene rings is 2. The van der Waals surface area contributed by atoms with E-state index in [1.807, 2.05) is 0 Å². The van der Waals surface area contributed by atoms with E-state index in [9.17, 15) is 34.7 Å². The van der Waals surface area contributed by atoms with Gasteiger partial charge in [0.25, 0.3) is 5.69 Å². The lowest BCUT2D eigenvalue weighted by Crippen LogP contribution is -2.57. The lowest BCUT2D eigenvalue weighted by Gasteiger charge is -2.35. The Morgan fingerprint density at radius 2 is 1.86 bits per heavy atom. The van der Waals surface area contributed by atoms with E-state index in [0.717, 1.165) is 43.1 Å². The number of nitro groups is 1. The molecule has 3 aliphatic rings. The SMILES string of the molecule is O=C1C2C(c3cc(Br)ccc3O)NC(CC3CCCCC3)(C(=O)O)C2C(=O)N1c1cccc([N+](=O)[O-])c1. The fourth-order valence-electron chi connectivity index (χ4n) is 6.36. The number of phenolic OH excluding ortho intramolecular Hbond substituents is 1. The number of hydrogen-bond acceptors (Lipinski definition) is 7. The summed E-state index contributed by atoms with van der Waals surface area (Å²) in [4.78, 5) is 52.4. The van der Waals surface area contributed by atoms with Crippen molar-refractivity contribution in [1.82, 2.24) is 5.32 Å². The number of aromatic hydroxyl groups is 1. The number of halogens is 1. The van der Waals surface area contributed by atoms with Crippen molar-refractivity contribution in [3.63, 3.8) is 0 Å². The average Bonchev–Trinajstić information content (AvgIpc) is 3.35. The van der Waals surface area contributed by atoms with Gasteiger partial charge in [-0.05, 0) is 36.6 Å². The summed E-state index contributed by atoms with van der Waals surface area (Å²) in [5.41, 5.74) is -1.71. The first-order valence-corrected chi connectivity index (χ1v) is 13.0. The van der Waals surface area contributed by atoms with Crippen LogP contribution in [0.25, 0.3) is 0 Å². The largest absolute Gasteiger partial charge is 0.508 e. The quantitative estimate of drug-likeness (QED) is 0.263. The Labute approximate surface area is 220 Å². The maximum Gasteiger partial charge on any atom is 0.324 e. The number of imide groups is 1. The van der Waals surface area contributed by atoms with Gasteiger partial charge in [0, 0.05) is 28.2 Å². The van der Waals surface area contributed by atoms with E-state index >= 15 is 0 Å². The van der Waals surface area contributed by atoms with E-state index in [2.05, 4.69) is 21.2 Å². The van der Waals surface area contributed by atoms with Gasteiger partial charge in [-0.2, -0.15) is 0 Å². The molecule has 2 heterocycles. The van der Waals surface area contributed by atoms with Crippen molar-refractivity contribution in [3.05, 3.63) is 62.6 Å². The summed E-state index contributed by atoms with van der Waals surface area (Å²) in [5, 5.41) is 35.8. The molecule has 0 spiro atoms. The Kier molecular flexibility index (Phi) is 6.53. The van der Waals surface area contributed by atoms with Crippen LogP contribution in [-0.4, -0.2) is 38.5 Å². The first-order valence-electron chi connectivity index (χ1n) is 12.3. The number of nitrogens with zero attached hydrogens (tertiary/aromatic N) is 2. The van der Waals surface area contributed by atoms with Gasteiger partial charge in [-0.15, -0.1) is 0 Å². The molecule has 2 amide bonds. The number of phenols is 1. The van der Waals surface area contributed by atoms with Crippen LogP contribution in [0.5, 0.6) is 5.75 Å². The smallest absolute Gasteiger partial charge is 0.324 e. The van der Waals surface area contributed by atoms with Crippen molar-refractivity contribution in [2.45, 2.75) is 50.1 Å². The molecule has 5 rings (SSSR count). The van der Waals surface area contributed by atoms with E-state index in [4.69, 9.17) is 0 Å². The number of aliphatic carboxylic acids is 1. The zero-order chi connectivity index (χ0) is 26.5. The summed E-state index contributed by atoms with van der Waals surface area (Å²) in [6, 6.07) is 8.91. The van der Waals surface area contributed by atoms with Crippen LogP contribution >= 0.6 is 15.9 Å². The van der Waals surface area contributed by atoms with E-state index in [1.54, 1.807) is 12.1 Å². The molecule has 2 aliphatic heterocycles. The minimum absolute atomic E-state index is 0.0211. The number of anilines is 1. The molecule has 2 aromatic carbocycles. The molecule has 4 unspecified atom stereocenters. The van der Waals surface area contributed by atoms with E-state index in [-0.39, 0.29) is 29.5 Å². The molecule has 3 N–H and O–H groups in total. The standard InChI is InChI=1S/C26H26BrN3O7/c27-15-9-10-19(31)18(11-15)22-20-21(26(28-22,25(34)35)13-14-5-2-1-3-6-14)24(33)29(23(20)32)16-7-4-8-17(12-16)30(36)37/h4,7-12,14,20-22,28,31H,1-3,5-6,13H2,(H,34,35). The molecule has 0 radical (unpaired) electrons. The number of nitro benzene ring substituents is 1. The Hall–Kier alpha value is -3.31. The van der Waals surface area contributed by atoms with Crippen LogP contribution in [-0.2, 0) is 14.4 Å². The molecule has 10 nitrogen and oxygen atoms in total. The third-order valence-corrected chi connectivity index (χ3v) is 8.49. The van der Waals surface area contributed by atoms with Crippen LogP contribution < -0.4 is 10.2 Å². The summed E-state index contributed by atoms with van der Waals surface area (Å²) < 4.78 is 0.617. The molecule has 1 saturated carbocycles. The van der Waals surface area contributed by atoms with Crippen LogP contribution in [0.15, 0.2) is 46.9 Å². The molecule has 4 atom stereocenters. The van der Waals surface area contributed by atoms with Crippen LogP contribution in [0.1, 0.15) is 50.1 Å². The zero-order valence-corrected chi connectivity index (χ0v) is 21.4. The molecule has 2 saturated heterocycles. The fourth-order valence-corrected chi connectivity index (χ4v) is 6.74. The van der Waals surface area contributed by atoms with Crippen molar-refractivity contribution in [3.8, 4) is 5.75 Å². The predicted octanol–water partition coefficient (Wildman–Crippen LogP) is 4.31. The number of carbonyl (C=O) groups is 3. The highest BCUT2D eigenvalue weighted by molar-refractivity contribution is 9.10. The van der Waals surface area contributed by atoms with Crippen LogP contribution in [0.2, 0.25) is 0 Å². The number of nitrogens with one attached hydrogen (secondary N) is 1. The Morgan fingerprint density at radius 1 is 1.14 bits per heavy atom. The average molecular weight is 572 g/mol. The van der Waals surface area contributed by atoms with Crippen LogP contribution in [0, 0.1) is 27.9 Å². The van der Waals surface area contributed by atoms with Crippen molar-refractivity contribution in [1.29, 1.82) is 0 Å². The molecular weight excluding hydrogens is 546 g/mol.